The summed E-state index contributed by atoms with van der Waals surface area (Å²) >= 11 is 0. The van der Waals surface area contributed by atoms with Gasteiger partial charge in [-0.05, 0) is 35.4 Å². The van der Waals surface area contributed by atoms with Gasteiger partial charge in [-0.1, -0.05) is 18.7 Å². The van der Waals surface area contributed by atoms with Crippen molar-refractivity contribution in [3.63, 3.8) is 0 Å². The summed E-state index contributed by atoms with van der Waals surface area (Å²) in [4.78, 5) is 10.8. The van der Waals surface area contributed by atoms with Gasteiger partial charge in [0, 0.05) is 11.6 Å². The van der Waals surface area contributed by atoms with Crippen molar-refractivity contribution in [2.75, 3.05) is 0 Å². The number of phenols is 2. The van der Waals surface area contributed by atoms with E-state index in [4.69, 9.17) is 5.11 Å². The van der Waals surface area contributed by atoms with E-state index >= 15 is 0 Å². The lowest BCUT2D eigenvalue weighted by molar-refractivity contribution is 0.0697. The molecule has 96 valence electrons. The molecule has 0 radical (unpaired) electrons. The summed E-state index contributed by atoms with van der Waals surface area (Å²) in [6.07, 6.45) is 0. The van der Waals surface area contributed by atoms with Gasteiger partial charge in [0.25, 0.3) is 0 Å². The highest BCUT2D eigenvalue weighted by Gasteiger charge is 2.09. The Bertz CT molecular complexity index is 642. The Hall–Kier alpha value is -2.75. The van der Waals surface area contributed by atoms with Gasteiger partial charge in [0.05, 0.1) is 5.56 Å². The van der Waals surface area contributed by atoms with Crippen molar-refractivity contribution in [2.24, 2.45) is 0 Å². The number of benzene rings is 2. The first-order chi connectivity index (χ1) is 8.99. The molecule has 2 aromatic carbocycles. The molecule has 0 bridgehead atoms. The molecular formula is C15H12O4. The van der Waals surface area contributed by atoms with Crippen molar-refractivity contribution in [1.29, 1.82) is 0 Å². The van der Waals surface area contributed by atoms with Crippen molar-refractivity contribution in [2.45, 2.75) is 0 Å². The van der Waals surface area contributed by atoms with Crippen molar-refractivity contribution in [1.82, 2.24) is 0 Å². The lowest BCUT2D eigenvalue weighted by atomic mass is 9.98. The molecule has 0 fully saturated rings. The van der Waals surface area contributed by atoms with E-state index in [1.165, 1.54) is 24.3 Å². The van der Waals surface area contributed by atoms with Gasteiger partial charge in [0.1, 0.15) is 11.5 Å². The molecule has 0 aromatic heterocycles. The van der Waals surface area contributed by atoms with Crippen LogP contribution in [0.2, 0.25) is 0 Å². The van der Waals surface area contributed by atoms with Crippen LogP contribution in [0.5, 0.6) is 11.5 Å². The number of rotatable bonds is 3. The third-order valence-electron chi connectivity index (χ3n) is 2.79. The third kappa shape index (κ3) is 2.57. The van der Waals surface area contributed by atoms with E-state index in [-0.39, 0.29) is 17.1 Å². The monoisotopic (exact) mass is 256 g/mol. The Labute approximate surface area is 109 Å². The van der Waals surface area contributed by atoms with Gasteiger partial charge < -0.3 is 15.3 Å². The molecule has 0 heterocycles. The van der Waals surface area contributed by atoms with Gasteiger partial charge in [-0.15, -0.1) is 0 Å². The van der Waals surface area contributed by atoms with E-state index < -0.39 is 5.97 Å². The third-order valence-corrected chi connectivity index (χ3v) is 2.79. The maximum Gasteiger partial charge on any atom is 0.335 e. The minimum absolute atomic E-state index is 0.0322. The Morgan fingerprint density at radius 2 is 1.53 bits per heavy atom. The molecule has 0 spiro atoms. The van der Waals surface area contributed by atoms with Gasteiger partial charge in [0.2, 0.25) is 0 Å². The maximum atomic E-state index is 10.8. The zero-order valence-electron chi connectivity index (χ0n) is 10.00. The molecule has 2 rings (SSSR count). The van der Waals surface area contributed by atoms with Gasteiger partial charge >= 0.3 is 5.97 Å². The summed E-state index contributed by atoms with van der Waals surface area (Å²) in [6, 6.07) is 10.4. The van der Waals surface area contributed by atoms with Crippen molar-refractivity contribution >= 4 is 11.5 Å². The average molecular weight is 256 g/mol. The molecule has 0 saturated heterocycles. The number of carboxylic acids is 1. The molecule has 0 saturated carbocycles. The number of hydrogen-bond acceptors (Lipinski definition) is 3. The van der Waals surface area contributed by atoms with Crippen LogP contribution >= 0.6 is 0 Å². The molecule has 2 aromatic rings. The smallest absolute Gasteiger partial charge is 0.335 e. The number of phenolic OH excluding ortho intramolecular Hbond substituents is 2. The minimum Gasteiger partial charge on any atom is -0.508 e. The molecular weight excluding hydrogens is 244 g/mol. The molecule has 0 unspecified atom stereocenters. The van der Waals surface area contributed by atoms with Gasteiger partial charge in [-0.2, -0.15) is 0 Å². The Morgan fingerprint density at radius 1 is 0.947 bits per heavy atom. The van der Waals surface area contributed by atoms with E-state index in [1.807, 2.05) is 0 Å². The van der Waals surface area contributed by atoms with Crippen LogP contribution in [0.1, 0.15) is 21.5 Å². The van der Waals surface area contributed by atoms with E-state index in [2.05, 4.69) is 6.58 Å². The number of hydrogen-bond donors (Lipinski definition) is 3. The summed E-state index contributed by atoms with van der Waals surface area (Å²) in [5, 5.41) is 27.8. The quantitative estimate of drug-likeness (QED) is 0.789. The minimum atomic E-state index is -0.996. The Kier molecular flexibility index (Phi) is 3.25. The van der Waals surface area contributed by atoms with Crippen LogP contribution in [0.15, 0.2) is 49.0 Å². The second-order valence-corrected chi connectivity index (χ2v) is 4.06. The van der Waals surface area contributed by atoms with E-state index in [0.717, 1.165) is 0 Å². The van der Waals surface area contributed by atoms with E-state index in [0.29, 0.717) is 16.7 Å². The predicted molar refractivity (Wildman–Crippen MR) is 71.3 cm³/mol. The van der Waals surface area contributed by atoms with Crippen molar-refractivity contribution < 1.29 is 20.1 Å². The van der Waals surface area contributed by atoms with Crippen LogP contribution in [0.4, 0.5) is 0 Å². The topological polar surface area (TPSA) is 77.8 Å². The molecule has 0 aliphatic heterocycles. The van der Waals surface area contributed by atoms with Gasteiger partial charge in [-0.25, -0.2) is 4.79 Å². The average Bonchev–Trinajstić information content (AvgIpc) is 2.38. The van der Waals surface area contributed by atoms with Crippen LogP contribution < -0.4 is 0 Å². The Morgan fingerprint density at radius 3 is 2.05 bits per heavy atom. The lowest BCUT2D eigenvalue weighted by Gasteiger charge is -2.09. The molecule has 0 aliphatic rings. The summed E-state index contributed by atoms with van der Waals surface area (Å²) in [5.41, 5.74) is 1.92. The second-order valence-electron chi connectivity index (χ2n) is 4.06. The molecule has 0 amide bonds. The predicted octanol–water partition coefficient (Wildman–Crippen LogP) is 2.86. The normalized spacial score (nSPS) is 10.1. The fourth-order valence-corrected chi connectivity index (χ4v) is 1.74. The largest absolute Gasteiger partial charge is 0.508 e. The van der Waals surface area contributed by atoms with Crippen LogP contribution in [0, 0.1) is 0 Å². The van der Waals surface area contributed by atoms with Crippen LogP contribution in [-0.2, 0) is 0 Å². The SMILES string of the molecule is C=C(c1ccc(C(=O)O)cc1)c1ccc(O)cc1O. The highest BCUT2D eigenvalue weighted by Crippen LogP contribution is 2.31. The van der Waals surface area contributed by atoms with Crippen LogP contribution in [0.25, 0.3) is 5.57 Å². The molecule has 0 aliphatic carbocycles. The first-order valence-electron chi connectivity index (χ1n) is 5.54. The van der Waals surface area contributed by atoms with Gasteiger partial charge in [-0.3, -0.25) is 0 Å². The second kappa shape index (κ2) is 4.86. The fraction of sp³-hybridized carbons (Fsp3) is 0. The first-order valence-corrected chi connectivity index (χ1v) is 5.54. The number of carboxylic acid groups (broad SMARTS) is 1. The van der Waals surface area contributed by atoms with E-state index in [9.17, 15) is 15.0 Å². The van der Waals surface area contributed by atoms with Crippen LogP contribution in [-0.4, -0.2) is 21.3 Å². The zero-order chi connectivity index (χ0) is 14.0. The molecule has 3 N–H and O–H groups in total. The summed E-state index contributed by atoms with van der Waals surface area (Å²) in [6.45, 7) is 3.87. The van der Waals surface area contributed by atoms with E-state index in [1.54, 1.807) is 18.2 Å². The summed E-state index contributed by atoms with van der Waals surface area (Å²) in [5.74, 6) is -1.10. The number of aromatic hydroxyl groups is 2. The Balaban J connectivity index is 2.36. The number of carbonyl (C=O) groups is 1. The molecule has 4 nitrogen and oxygen atoms in total. The molecule has 0 atom stereocenters. The maximum absolute atomic E-state index is 10.8. The van der Waals surface area contributed by atoms with Crippen molar-refractivity contribution in [3.8, 4) is 11.5 Å². The van der Waals surface area contributed by atoms with Gasteiger partial charge in [0.15, 0.2) is 0 Å². The summed E-state index contributed by atoms with van der Waals surface area (Å²) < 4.78 is 0. The zero-order valence-corrected chi connectivity index (χ0v) is 10.00. The highest BCUT2D eigenvalue weighted by atomic mass is 16.4. The summed E-state index contributed by atoms with van der Waals surface area (Å²) in [7, 11) is 0. The molecule has 19 heavy (non-hydrogen) atoms. The highest BCUT2D eigenvalue weighted by molar-refractivity contribution is 5.89. The van der Waals surface area contributed by atoms with Crippen molar-refractivity contribution in [3.05, 3.63) is 65.7 Å². The standard InChI is InChI=1S/C15H12O4/c1-9(13-7-6-12(16)8-14(13)17)10-2-4-11(5-3-10)15(18)19/h2-8,16-17H,1H2,(H,18,19). The first kappa shape index (κ1) is 12.7. The molecule has 4 heteroatoms. The lowest BCUT2D eigenvalue weighted by Crippen LogP contribution is -1.96. The number of aromatic carboxylic acids is 1. The van der Waals surface area contributed by atoms with Crippen LogP contribution in [0.3, 0.4) is 0 Å². The fourth-order valence-electron chi connectivity index (χ4n) is 1.74.